The molecule has 1 rings (SSSR count). The maximum atomic E-state index is 10.7. The highest BCUT2D eigenvalue weighted by Gasteiger charge is 2.02. The van der Waals surface area contributed by atoms with Crippen LogP contribution in [0.15, 0.2) is 18.2 Å². The molecule has 4 heteroatoms. The van der Waals surface area contributed by atoms with Gasteiger partial charge in [0.05, 0.1) is 11.6 Å². The molecule has 0 heterocycles. The number of hydrogen-bond acceptors (Lipinski definition) is 2. The molecule has 0 aliphatic rings. The van der Waals surface area contributed by atoms with E-state index in [0.717, 1.165) is 0 Å². The number of amides is 1. The second kappa shape index (κ2) is 4.86. The number of ether oxygens (including phenoxy) is 1. The normalized spacial score (nSPS) is 9.64. The van der Waals surface area contributed by atoms with Crippen molar-refractivity contribution < 1.29 is 9.53 Å². The smallest absolute Gasteiger partial charge is 0.221 e. The van der Waals surface area contributed by atoms with Crippen LogP contribution in [0, 0.1) is 0 Å². The molecule has 14 heavy (non-hydrogen) atoms. The Morgan fingerprint density at radius 1 is 1.57 bits per heavy atom. The van der Waals surface area contributed by atoms with Gasteiger partial charge in [-0.3, -0.25) is 4.79 Å². The average Bonchev–Trinajstić information content (AvgIpc) is 2.09. The molecule has 0 atom stereocenters. The van der Waals surface area contributed by atoms with Gasteiger partial charge >= 0.3 is 0 Å². The van der Waals surface area contributed by atoms with Gasteiger partial charge in [-0.1, -0.05) is 11.6 Å². The lowest BCUT2D eigenvalue weighted by atomic mass is 10.3. The molecule has 0 aliphatic heterocycles. The zero-order valence-electron chi connectivity index (χ0n) is 8.13. The number of rotatable bonds is 3. The minimum absolute atomic E-state index is 0.120. The molecule has 0 spiro atoms. The van der Waals surface area contributed by atoms with Crippen molar-refractivity contribution in [1.82, 2.24) is 0 Å². The van der Waals surface area contributed by atoms with E-state index in [1.807, 2.05) is 6.92 Å². The van der Waals surface area contributed by atoms with Crippen molar-refractivity contribution in [2.45, 2.75) is 13.8 Å². The molecular formula is C10H12ClNO2. The Bertz CT molecular complexity index is 339. The molecule has 0 saturated carbocycles. The van der Waals surface area contributed by atoms with E-state index in [2.05, 4.69) is 5.32 Å². The van der Waals surface area contributed by atoms with Gasteiger partial charge in [0.15, 0.2) is 0 Å². The van der Waals surface area contributed by atoms with Crippen molar-refractivity contribution in [3.05, 3.63) is 23.2 Å². The van der Waals surface area contributed by atoms with E-state index in [4.69, 9.17) is 16.3 Å². The second-order valence-electron chi connectivity index (χ2n) is 2.76. The lowest BCUT2D eigenvalue weighted by molar-refractivity contribution is -0.114. The predicted molar refractivity (Wildman–Crippen MR) is 56.9 cm³/mol. The van der Waals surface area contributed by atoms with Gasteiger partial charge in [0.2, 0.25) is 5.91 Å². The first-order valence-corrected chi connectivity index (χ1v) is 4.71. The van der Waals surface area contributed by atoms with Crippen LogP contribution in [0.3, 0.4) is 0 Å². The Morgan fingerprint density at radius 3 is 2.79 bits per heavy atom. The first-order valence-electron chi connectivity index (χ1n) is 4.33. The number of hydrogen-bond donors (Lipinski definition) is 1. The summed E-state index contributed by atoms with van der Waals surface area (Å²) >= 11 is 5.92. The Kier molecular flexibility index (Phi) is 3.77. The summed E-state index contributed by atoms with van der Waals surface area (Å²) in [5.74, 6) is 0.508. The fourth-order valence-corrected chi connectivity index (χ4v) is 1.29. The predicted octanol–water partition coefficient (Wildman–Crippen LogP) is 2.70. The first-order chi connectivity index (χ1) is 6.63. The van der Waals surface area contributed by atoms with Gasteiger partial charge in [0.25, 0.3) is 0 Å². The van der Waals surface area contributed by atoms with Crippen molar-refractivity contribution in [3.63, 3.8) is 0 Å². The number of nitrogens with one attached hydrogen (secondary N) is 1. The van der Waals surface area contributed by atoms with Crippen molar-refractivity contribution in [3.8, 4) is 5.75 Å². The van der Waals surface area contributed by atoms with Crippen molar-refractivity contribution in [1.29, 1.82) is 0 Å². The van der Waals surface area contributed by atoms with E-state index in [9.17, 15) is 4.79 Å². The minimum atomic E-state index is -0.120. The molecule has 1 aromatic rings. The van der Waals surface area contributed by atoms with E-state index in [1.165, 1.54) is 6.92 Å². The molecule has 0 radical (unpaired) electrons. The van der Waals surface area contributed by atoms with Gasteiger partial charge in [-0.15, -0.1) is 0 Å². The summed E-state index contributed by atoms with van der Waals surface area (Å²) in [6.45, 7) is 3.90. The van der Waals surface area contributed by atoms with E-state index in [1.54, 1.807) is 18.2 Å². The molecule has 0 aliphatic carbocycles. The molecular weight excluding hydrogens is 202 g/mol. The lowest BCUT2D eigenvalue weighted by Crippen LogP contribution is -2.05. The minimum Gasteiger partial charge on any atom is -0.492 e. The third-order valence-corrected chi connectivity index (χ3v) is 1.85. The Morgan fingerprint density at radius 2 is 2.29 bits per heavy atom. The summed E-state index contributed by atoms with van der Waals surface area (Å²) in [7, 11) is 0. The number of anilines is 1. The van der Waals surface area contributed by atoms with E-state index < -0.39 is 0 Å². The molecule has 0 aromatic heterocycles. The standard InChI is InChI=1S/C10H12ClNO2/c1-3-14-10-5-4-8(6-9(10)11)12-7(2)13/h4-6H,3H2,1-2H3,(H,12,13). The summed E-state index contributed by atoms with van der Waals surface area (Å²) in [5.41, 5.74) is 0.672. The topological polar surface area (TPSA) is 38.3 Å². The first kappa shape index (κ1) is 10.9. The summed E-state index contributed by atoms with van der Waals surface area (Å²) < 4.78 is 5.25. The van der Waals surface area contributed by atoms with Crippen molar-refractivity contribution in [2.24, 2.45) is 0 Å². The van der Waals surface area contributed by atoms with Crippen molar-refractivity contribution in [2.75, 3.05) is 11.9 Å². The van der Waals surface area contributed by atoms with Crippen LogP contribution < -0.4 is 10.1 Å². The SMILES string of the molecule is CCOc1ccc(NC(C)=O)cc1Cl. The zero-order valence-corrected chi connectivity index (χ0v) is 8.89. The van der Waals surface area contributed by atoms with E-state index >= 15 is 0 Å². The molecule has 76 valence electrons. The number of benzene rings is 1. The number of carbonyl (C=O) groups is 1. The summed E-state index contributed by atoms with van der Waals surface area (Å²) in [4.78, 5) is 10.7. The fourth-order valence-electron chi connectivity index (χ4n) is 1.05. The Labute approximate surface area is 88.0 Å². The van der Waals surface area contributed by atoms with Crippen LogP contribution in [0.5, 0.6) is 5.75 Å². The molecule has 1 amide bonds. The largest absolute Gasteiger partial charge is 0.492 e. The van der Waals surface area contributed by atoms with E-state index in [0.29, 0.717) is 23.1 Å². The summed E-state index contributed by atoms with van der Waals surface area (Å²) in [6.07, 6.45) is 0. The van der Waals surface area contributed by atoms with Crippen LogP contribution in [-0.2, 0) is 4.79 Å². The van der Waals surface area contributed by atoms with Crippen LogP contribution >= 0.6 is 11.6 Å². The van der Waals surface area contributed by atoms with Gasteiger partial charge in [-0.05, 0) is 25.1 Å². The van der Waals surface area contributed by atoms with Gasteiger partial charge in [0.1, 0.15) is 5.75 Å². The van der Waals surface area contributed by atoms with Gasteiger partial charge in [-0.25, -0.2) is 0 Å². The highest BCUT2D eigenvalue weighted by atomic mass is 35.5. The van der Waals surface area contributed by atoms with Crippen LogP contribution in [0.1, 0.15) is 13.8 Å². The molecule has 0 bridgehead atoms. The third kappa shape index (κ3) is 2.92. The monoisotopic (exact) mass is 213 g/mol. The lowest BCUT2D eigenvalue weighted by Gasteiger charge is -2.07. The molecule has 0 unspecified atom stereocenters. The van der Waals surface area contributed by atoms with Crippen molar-refractivity contribution >= 4 is 23.2 Å². The Hall–Kier alpha value is -1.22. The molecule has 0 fully saturated rings. The molecule has 1 aromatic carbocycles. The van der Waals surface area contributed by atoms with Crippen LogP contribution in [0.25, 0.3) is 0 Å². The van der Waals surface area contributed by atoms with Gasteiger partial charge in [0, 0.05) is 12.6 Å². The zero-order chi connectivity index (χ0) is 10.6. The average molecular weight is 214 g/mol. The maximum absolute atomic E-state index is 10.7. The second-order valence-corrected chi connectivity index (χ2v) is 3.17. The molecule has 1 N–H and O–H groups in total. The maximum Gasteiger partial charge on any atom is 0.221 e. The third-order valence-electron chi connectivity index (χ3n) is 1.55. The van der Waals surface area contributed by atoms with Gasteiger partial charge < -0.3 is 10.1 Å². The number of halogens is 1. The Balaban J connectivity index is 2.83. The number of carbonyl (C=O) groups excluding carboxylic acids is 1. The van der Waals surface area contributed by atoms with Crippen LogP contribution in [0.4, 0.5) is 5.69 Å². The van der Waals surface area contributed by atoms with Gasteiger partial charge in [-0.2, -0.15) is 0 Å². The summed E-state index contributed by atoms with van der Waals surface area (Å²) in [5, 5.41) is 3.13. The van der Waals surface area contributed by atoms with E-state index in [-0.39, 0.29) is 5.91 Å². The van der Waals surface area contributed by atoms with Crippen LogP contribution in [-0.4, -0.2) is 12.5 Å². The fraction of sp³-hybridized carbons (Fsp3) is 0.300. The summed E-state index contributed by atoms with van der Waals surface area (Å²) in [6, 6.07) is 5.14. The quantitative estimate of drug-likeness (QED) is 0.839. The van der Waals surface area contributed by atoms with Crippen LogP contribution in [0.2, 0.25) is 5.02 Å². The highest BCUT2D eigenvalue weighted by Crippen LogP contribution is 2.27. The highest BCUT2D eigenvalue weighted by molar-refractivity contribution is 6.32. The molecule has 3 nitrogen and oxygen atoms in total. The molecule has 0 saturated heterocycles.